The van der Waals surface area contributed by atoms with Crippen LogP contribution in [0.2, 0.25) is 10.0 Å². The molecule has 2 aromatic carbocycles. The first-order valence-electron chi connectivity index (χ1n) is 9.86. The Morgan fingerprint density at radius 2 is 1.94 bits per heavy atom. The molecule has 0 radical (unpaired) electrons. The van der Waals surface area contributed by atoms with Crippen molar-refractivity contribution in [1.82, 2.24) is 0 Å². The van der Waals surface area contributed by atoms with E-state index in [-0.39, 0.29) is 11.3 Å². The molecular formula is C24H19Cl2NO4S. The predicted molar refractivity (Wildman–Crippen MR) is 128 cm³/mol. The average Bonchev–Trinajstić information content (AvgIpc) is 3.30. The summed E-state index contributed by atoms with van der Waals surface area (Å²) in [5.74, 6) is -1.41. The van der Waals surface area contributed by atoms with E-state index in [1.54, 1.807) is 42.5 Å². The van der Waals surface area contributed by atoms with Crippen LogP contribution < -0.4 is 9.64 Å². The van der Waals surface area contributed by atoms with Crippen LogP contribution in [0.4, 0.5) is 5.69 Å². The number of benzene rings is 2. The largest absolute Gasteiger partial charge is 0.507 e. The number of carbonyl (C=O) groups excluding carboxylic acids is 2. The molecule has 1 N–H and O–H groups in total. The van der Waals surface area contributed by atoms with Gasteiger partial charge in [-0.25, -0.2) is 0 Å². The Morgan fingerprint density at radius 1 is 1.16 bits per heavy atom. The smallest absolute Gasteiger partial charge is 0.300 e. The van der Waals surface area contributed by atoms with Crippen LogP contribution in [0.3, 0.4) is 0 Å². The fraction of sp³-hybridized carbons (Fsp3) is 0.167. The Labute approximate surface area is 199 Å². The van der Waals surface area contributed by atoms with Gasteiger partial charge in [-0.2, -0.15) is 0 Å². The fourth-order valence-corrected chi connectivity index (χ4v) is 5.09. The van der Waals surface area contributed by atoms with Crippen molar-refractivity contribution < 1.29 is 19.4 Å². The maximum atomic E-state index is 13.2. The number of aryl methyl sites for hydroxylation is 1. The Bertz CT molecular complexity index is 1250. The lowest BCUT2D eigenvalue weighted by Gasteiger charge is -2.25. The molecule has 0 aliphatic carbocycles. The Morgan fingerprint density at radius 3 is 2.59 bits per heavy atom. The summed E-state index contributed by atoms with van der Waals surface area (Å²) in [6.45, 7) is 4.11. The van der Waals surface area contributed by atoms with Crippen molar-refractivity contribution in [3.63, 3.8) is 0 Å². The molecule has 5 nitrogen and oxygen atoms in total. The summed E-state index contributed by atoms with van der Waals surface area (Å²) >= 11 is 13.8. The number of aliphatic hydroxyl groups is 1. The van der Waals surface area contributed by atoms with Crippen molar-refractivity contribution in [2.45, 2.75) is 19.9 Å². The molecule has 1 aliphatic rings. The summed E-state index contributed by atoms with van der Waals surface area (Å²) in [4.78, 5) is 28.5. The number of hydrogen-bond acceptors (Lipinski definition) is 5. The van der Waals surface area contributed by atoms with Gasteiger partial charge in [0, 0.05) is 21.2 Å². The van der Waals surface area contributed by atoms with E-state index < -0.39 is 17.7 Å². The molecule has 164 valence electrons. The van der Waals surface area contributed by atoms with Gasteiger partial charge in [0.15, 0.2) is 0 Å². The molecule has 0 saturated carbocycles. The van der Waals surface area contributed by atoms with Gasteiger partial charge in [-0.05, 0) is 67.3 Å². The topological polar surface area (TPSA) is 66.8 Å². The lowest BCUT2D eigenvalue weighted by molar-refractivity contribution is -0.132. The third kappa shape index (κ3) is 3.90. The second-order valence-electron chi connectivity index (χ2n) is 7.20. The van der Waals surface area contributed by atoms with Crippen LogP contribution in [0.5, 0.6) is 5.75 Å². The van der Waals surface area contributed by atoms with Crippen LogP contribution in [0, 0.1) is 6.92 Å². The molecule has 1 fully saturated rings. The summed E-state index contributed by atoms with van der Waals surface area (Å²) in [5.41, 5.74) is 1.72. The van der Waals surface area contributed by atoms with Gasteiger partial charge >= 0.3 is 0 Å². The second kappa shape index (κ2) is 8.98. The number of aliphatic hydroxyl groups excluding tert-OH is 1. The number of carbonyl (C=O) groups is 2. The number of ether oxygens (including phenoxy) is 1. The van der Waals surface area contributed by atoms with Gasteiger partial charge in [-0.3, -0.25) is 14.5 Å². The van der Waals surface area contributed by atoms with Gasteiger partial charge in [0.05, 0.1) is 17.2 Å². The van der Waals surface area contributed by atoms with E-state index in [2.05, 4.69) is 0 Å². The first-order chi connectivity index (χ1) is 15.3. The molecule has 3 aromatic rings. The van der Waals surface area contributed by atoms with Crippen LogP contribution in [-0.2, 0) is 9.59 Å². The SMILES string of the molecule is CCOc1cc(/C(O)=C2/C(=O)C(=O)N(c3cccc(Cl)c3)C2c2sccc2C)ccc1Cl. The maximum Gasteiger partial charge on any atom is 0.300 e. The molecule has 1 saturated heterocycles. The highest BCUT2D eigenvalue weighted by Crippen LogP contribution is 2.45. The monoisotopic (exact) mass is 487 g/mol. The normalized spacial score (nSPS) is 17.8. The van der Waals surface area contributed by atoms with Gasteiger partial charge < -0.3 is 9.84 Å². The molecule has 4 rings (SSSR count). The quantitative estimate of drug-likeness (QED) is 0.257. The van der Waals surface area contributed by atoms with Crippen molar-refractivity contribution in [3.8, 4) is 5.75 Å². The molecule has 1 aliphatic heterocycles. The van der Waals surface area contributed by atoms with E-state index in [9.17, 15) is 14.7 Å². The van der Waals surface area contributed by atoms with Crippen molar-refractivity contribution in [2.24, 2.45) is 0 Å². The molecule has 1 unspecified atom stereocenters. The second-order valence-corrected chi connectivity index (χ2v) is 8.99. The number of rotatable bonds is 5. The van der Waals surface area contributed by atoms with Crippen molar-refractivity contribution >= 4 is 57.7 Å². The van der Waals surface area contributed by atoms with Crippen LogP contribution in [-0.4, -0.2) is 23.4 Å². The van der Waals surface area contributed by atoms with Gasteiger partial charge in [-0.15, -0.1) is 11.3 Å². The molecule has 1 amide bonds. The van der Waals surface area contributed by atoms with Crippen molar-refractivity contribution in [2.75, 3.05) is 11.5 Å². The number of Topliss-reactive ketones (excluding diaryl/α,β-unsaturated/α-hetero) is 1. The molecule has 1 aromatic heterocycles. The molecule has 8 heteroatoms. The number of thiophene rings is 1. The third-order valence-corrected chi connectivity index (χ3v) is 6.80. The number of nitrogens with zero attached hydrogens (tertiary/aromatic N) is 1. The summed E-state index contributed by atoms with van der Waals surface area (Å²) in [7, 11) is 0. The number of anilines is 1. The van der Waals surface area contributed by atoms with Crippen molar-refractivity contribution in [3.05, 3.63) is 85.5 Å². The van der Waals surface area contributed by atoms with E-state index in [1.165, 1.54) is 16.2 Å². The lowest BCUT2D eigenvalue weighted by Crippen LogP contribution is -2.29. The van der Waals surface area contributed by atoms with Crippen LogP contribution >= 0.6 is 34.5 Å². The van der Waals surface area contributed by atoms with E-state index in [0.717, 1.165) is 10.4 Å². The van der Waals surface area contributed by atoms with Crippen LogP contribution in [0.25, 0.3) is 5.76 Å². The minimum Gasteiger partial charge on any atom is -0.507 e. The third-order valence-electron chi connectivity index (χ3n) is 5.19. The fourth-order valence-electron chi connectivity index (χ4n) is 3.71. The predicted octanol–water partition coefficient (Wildman–Crippen LogP) is 6.39. The number of halogens is 2. The van der Waals surface area contributed by atoms with Gasteiger partial charge in [0.2, 0.25) is 0 Å². The zero-order chi connectivity index (χ0) is 23.0. The molecular weight excluding hydrogens is 469 g/mol. The van der Waals surface area contributed by atoms with Crippen LogP contribution in [0.15, 0.2) is 59.5 Å². The van der Waals surface area contributed by atoms with E-state index in [4.69, 9.17) is 27.9 Å². The summed E-state index contributed by atoms with van der Waals surface area (Å²) in [6, 6.07) is 12.6. The standard InChI is InChI=1S/C24H19Cl2NO4S/c1-3-31-18-11-14(7-8-17(18)26)21(28)19-20(23-13(2)9-10-32-23)27(24(30)22(19)29)16-6-4-5-15(25)12-16/h4-12,20,28H,3H2,1-2H3/b21-19-. The Kier molecular flexibility index (Phi) is 6.29. The zero-order valence-corrected chi connectivity index (χ0v) is 19.6. The molecule has 2 heterocycles. The van der Waals surface area contributed by atoms with Gasteiger partial charge in [0.25, 0.3) is 11.7 Å². The van der Waals surface area contributed by atoms with Gasteiger partial charge in [-0.1, -0.05) is 29.3 Å². The minimum absolute atomic E-state index is 0.00490. The van der Waals surface area contributed by atoms with E-state index in [1.807, 2.05) is 25.3 Å². The highest BCUT2D eigenvalue weighted by molar-refractivity contribution is 7.10. The van der Waals surface area contributed by atoms with E-state index in [0.29, 0.717) is 33.7 Å². The number of hydrogen-bond donors (Lipinski definition) is 1. The average molecular weight is 488 g/mol. The highest BCUT2D eigenvalue weighted by Gasteiger charge is 2.48. The van der Waals surface area contributed by atoms with Crippen LogP contribution in [0.1, 0.15) is 29.0 Å². The summed E-state index contributed by atoms with van der Waals surface area (Å²) in [6.07, 6.45) is 0. The minimum atomic E-state index is -0.792. The molecule has 1 atom stereocenters. The summed E-state index contributed by atoms with van der Waals surface area (Å²) < 4.78 is 5.52. The molecule has 0 spiro atoms. The zero-order valence-electron chi connectivity index (χ0n) is 17.3. The van der Waals surface area contributed by atoms with Gasteiger partial charge in [0.1, 0.15) is 17.6 Å². The molecule has 0 bridgehead atoms. The Hall–Kier alpha value is -2.80. The number of amides is 1. The maximum absolute atomic E-state index is 13.2. The van der Waals surface area contributed by atoms with Crippen molar-refractivity contribution in [1.29, 1.82) is 0 Å². The Balaban J connectivity index is 1.94. The first-order valence-corrected chi connectivity index (χ1v) is 11.5. The molecule has 32 heavy (non-hydrogen) atoms. The van der Waals surface area contributed by atoms with E-state index >= 15 is 0 Å². The number of ketones is 1. The summed E-state index contributed by atoms with van der Waals surface area (Å²) in [5, 5.41) is 13.9. The highest BCUT2D eigenvalue weighted by atomic mass is 35.5. The lowest BCUT2D eigenvalue weighted by atomic mass is 9.98. The first kappa shape index (κ1) is 22.4.